The minimum atomic E-state index is -2.93. The summed E-state index contributed by atoms with van der Waals surface area (Å²) in [6.07, 6.45) is 0. The molecule has 0 amide bonds. The fourth-order valence-corrected chi connectivity index (χ4v) is 31.3. The third kappa shape index (κ3) is 13.7. The van der Waals surface area contributed by atoms with E-state index in [0.29, 0.717) is 11.5 Å². The van der Waals surface area contributed by atoms with Crippen LogP contribution in [-0.2, 0) is 0 Å². The molecule has 0 fully saturated rings. The van der Waals surface area contributed by atoms with Gasteiger partial charge in [0.05, 0.1) is 42.0 Å². The van der Waals surface area contributed by atoms with E-state index < -0.39 is 32.3 Å². The van der Waals surface area contributed by atoms with Gasteiger partial charge in [0, 0.05) is 45.4 Å². The predicted molar refractivity (Wildman–Crippen MR) is 486 cm³/mol. The first-order valence-electron chi connectivity index (χ1n) is 38.8. The molecule has 2 aromatic heterocycles. The van der Waals surface area contributed by atoms with E-state index in [9.17, 15) is 0 Å². The third-order valence-electron chi connectivity index (χ3n) is 23.1. The molecule has 550 valence electrons. The highest BCUT2D eigenvalue weighted by atomic mass is 28.3. The van der Waals surface area contributed by atoms with Gasteiger partial charge in [-0.3, -0.25) is 0 Å². The predicted octanol–water partition coefficient (Wildman–Crippen LogP) is 17.9. The van der Waals surface area contributed by atoms with Crippen molar-refractivity contribution in [3.63, 3.8) is 0 Å². The zero-order valence-electron chi connectivity index (χ0n) is 64.7. The summed E-state index contributed by atoms with van der Waals surface area (Å²) in [5.74, 6) is 4.61. The molecule has 18 aromatic rings. The van der Waals surface area contributed by atoms with Gasteiger partial charge in [-0.05, 0) is 133 Å². The Labute approximate surface area is 666 Å². The molecule has 18 rings (SSSR count). The van der Waals surface area contributed by atoms with Gasteiger partial charge >= 0.3 is 0 Å². The number of aromatic nitrogens is 2. The van der Waals surface area contributed by atoms with Crippen LogP contribution >= 0.6 is 0 Å². The molecule has 2 heterocycles. The van der Waals surface area contributed by atoms with E-state index in [0.717, 1.165) is 45.4 Å². The lowest BCUT2D eigenvalue weighted by Crippen LogP contribution is -2.74. The van der Waals surface area contributed by atoms with Crippen molar-refractivity contribution in [2.45, 2.75) is 33.1 Å². The van der Waals surface area contributed by atoms with E-state index in [-0.39, 0.29) is 0 Å². The Hall–Kier alpha value is -12.8. The number of methoxy groups -OCH3 is 2. The average molecular weight is 1530 g/mol. The lowest BCUT2D eigenvalue weighted by molar-refractivity contribution is 0.414. The van der Waals surface area contributed by atoms with E-state index in [1.54, 1.807) is 14.2 Å². The lowest BCUT2D eigenvalue weighted by Gasteiger charge is -2.34. The molecule has 0 N–H and O–H groups in total. The smallest absolute Gasteiger partial charge is 0.179 e. The minimum Gasteiger partial charge on any atom is -0.497 e. The van der Waals surface area contributed by atoms with E-state index in [4.69, 9.17) is 18.9 Å². The summed E-state index contributed by atoms with van der Waals surface area (Å²) in [4.78, 5) is 0. The van der Waals surface area contributed by atoms with Gasteiger partial charge in [-0.15, -0.1) is 0 Å². The largest absolute Gasteiger partial charge is 0.497 e. The van der Waals surface area contributed by atoms with Crippen LogP contribution in [0.1, 0.15) is 5.56 Å². The summed E-state index contributed by atoms with van der Waals surface area (Å²) in [5.41, 5.74) is 8.01. The third-order valence-corrected chi connectivity index (χ3v) is 39.7. The van der Waals surface area contributed by atoms with Crippen LogP contribution in [0.4, 0.5) is 0 Å². The van der Waals surface area contributed by atoms with Crippen LogP contribution in [0.2, 0.25) is 26.2 Å². The molecule has 10 heteroatoms. The first kappa shape index (κ1) is 73.0. The van der Waals surface area contributed by atoms with Gasteiger partial charge in [-0.2, -0.15) is 0 Å². The summed E-state index contributed by atoms with van der Waals surface area (Å²) < 4.78 is 29.0. The topological polar surface area (TPSA) is 46.8 Å². The monoisotopic (exact) mass is 1530 g/mol. The number of hydrogen-bond acceptors (Lipinski definition) is 4. The second kappa shape index (κ2) is 31.2. The van der Waals surface area contributed by atoms with Crippen LogP contribution in [0.5, 0.6) is 34.5 Å². The molecule has 0 unspecified atom stereocenters. The van der Waals surface area contributed by atoms with Crippen molar-refractivity contribution < 1.29 is 18.9 Å². The van der Waals surface area contributed by atoms with Crippen LogP contribution in [-0.4, -0.2) is 55.6 Å². The summed E-state index contributed by atoms with van der Waals surface area (Å²) >= 11 is 0. The molecule has 0 spiro atoms. The summed E-state index contributed by atoms with van der Waals surface area (Å²) in [6, 6.07) is 148. The quantitative estimate of drug-likeness (QED) is 0.0564. The van der Waals surface area contributed by atoms with E-state index in [1.165, 1.54) is 100 Å². The van der Waals surface area contributed by atoms with Crippen LogP contribution in [0, 0.1) is 6.92 Å². The van der Waals surface area contributed by atoms with Crippen molar-refractivity contribution in [2.75, 3.05) is 14.2 Å². The number of para-hydroxylation sites is 2. The van der Waals surface area contributed by atoms with Gasteiger partial charge in [-0.25, -0.2) is 0 Å². The van der Waals surface area contributed by atoms with Crippen LogP contribution in [0.3, 0.4) is 0 Å². The fraction of sp³-hybridized carbons (Fsp3) is 0.0680. The second-order valence-electron chi connectivity index (χ2n) is 30.3. The SMILES string of the molecule is COc1ccc(-n2c3ccc([Si](C)(C)c4ccc(C)cc4)cc3c3cc([Si](C)(C)c4ccc(OC)cc4)ccc32)cc1.c1ccc(Oc2cc(Oc3ccccc3)cc(-n3c4ccc([Si](c5ccccc5)(c5ccccc5)c5ccccc5)cc4c4cc([Si](c5ccccc5)(c5ccccc5)c5ccccc5)ccc43)c2)cc1. The molecule has 0 aliphatic heterocycles. The van der Waals surface area contributed by atoms with Crippen LogP contribution in [0.25, 0.3) is 55.0 Å². The average Bonchev–Trinajstić information content (AvgIpc) is 1.40. The Kier molecular flexibility index (Phi) is 20.1. The molecule has 0 saturated carbocycles. The van der Waals surface area contributed by atoms with Crippen LogP contribution in [0.15, 0.2) is 406 Å². The van der Waals surface area contributed by atoms with Crippen molar-refractivity contribution >= 4 is 138 Å². The first-order chi connectivity index (χ1) is 55.3. The van der Waals surface area contributed by atoms with Gasteiger partial charge in [0.1, 0.15) is 50.6 Å². The number of rotatable bonds is 20. The lowest BCUT2D eigenvalue weighted by atomic mass is 10.1. The standard InChI is InChI=1S/C66H49NO2Si2.C37H39NO2Si2/c1-9-25-51(26-10-1)68-53-45-50(46-54(47-53)69-52-27-11-2-12-28-52)67-65-43-41-61(70(55-29-13-3-14-30-55,56-31-15-4-16-32-56)57-33-17-5-18-34-57)48-63(65)64-49-62(42-44-66(64)67)71(58-35-19-6-20-36-58,59-37-21-7-22-38-59)60-39-23-8-24-40-60;1-26-8-16-30(17-9-26)41(4,5)32-20-22-36-34(24-32)35-25-33(42(6,7)31-18-14-29(40-3)15-19-31)21-23-37(35)38(36)27-10-12-28(39-2)13-11-27/h1-49H;8-25H,1-7H3. The molecule has 0 bridgehead atoms. The van der Waals surface area contributed by atoms with E-state index >= 15 is 0 Å². The molecule has 0 aliphatic carbocycles. The number of nitrogens with zero attached hydrogens (tertiary/aromatic N) is 2. The summed E-state index contributed by atoms with van der Waals surface area (Å²) in [7, 11) is -6.28. The number of aryl methyl sites for hydroxylation is 1. The second-order valence-corrected chi connectivity index (χ2v) is 46.8. The first-order valence-corrected chi connectivity index (χ1v) is 48.8. The van der Waals surface area contributed by atoms with Gasteiger partial charge in [-0.1, -0.05) is 356 Å². The molecule has 0 radical (unpaired) electrons. The minimum absolute atomic E-state index is 0.676. The van der Waals surface area contributed by atoms with Crippen molar-refractivity contribution in [2.24, 2.45) is 0 Å². The molecule has 0 aliphatic rings. The zero-order valence-corrected chi connectivity index (χ0v) is 68.7. The number of benzene rings is 16. The van der Waals surface area contributed by atoms with E-state index in [2.05, 4.69) is 370 Å². The maximum Gasteiger partial charge on any atom is 0.179 e. The molecule has 0 saturated heterocycles. The molecular weight excluding hydrogens is 1440 g/mol. The summed E-state index contributed by atoms with van der Waals surface area (Å²) in [6.45, 7) is 12.0. The highest BCUT2D eigenvalue weighted by Gasteiger charge is 2.44. The van der Waals surface area contributed by atoms with Gasteiger partial charge in [0.2, 0.25) is 0 Å². The Morgan fingerprint density at radius 1 is 0.204 bits per heavy atom. The van der Waals surface area contributed by atoms with Gasteiger partial charge < -0.3 is 28.1 Å². The Morgan fingerprint density at radius 3 is 0.770 bits per heavy atom. The summed E-state index contributed by atoms with van der Waals surface area (Å²) in [5, 5.41) is 21.3. The Morgan fingerprint density at radius 2 is 0.460 bits per heavy atom. The fourth-order valence-electron chi connectivity index (χ4n) is 17.1. The molecule has 0 atom stereocenters. The number of hydrogen-bond donors (Lipinski definition) is 0. The Bertz CT molecular complexity index is 5910. The normalized spacial score (nSPS) is 11.8. The highest BCUT2D eigenvalue weighted by Crippen LogP contribution is 2.39. The highest BCUT2D eigenvalue weighted by molar-refractivity contribution is 7.20. The molecular formula is C103H88N2O4Si4. The molecule has 113 heavy (non-hydrogen) atoms. The van der Waals surface area contributed by atoms with Crippen LogP contribution < -0.4 is 81.2 Å². The van der Waals surface area contributed by atoms with Gasteiger partial charge in [0.25, 0.3) is 0 Å². The van der Waals surface area contributed by atoms with E-state index in [1.807, 2.05) is 78.9 Å². The van der Waals surface area contributed by atoms with Crippen molar-refractivity contribution in [1.29, 1.82) is 0 Å². The van der Waals surface area contributed by atoms with Crippen molar-refractivity contribution in [3.05, 3.63) is 412 Å². The Balaban J connectivity index is 0.000000187. The number of fused-ring (bicyclic) bond motifs is 6. The van der Waals surface area contributed by atoms with Crippen molar-refractivity contribution in [1.82, 2.24) is 9.13 Å². The van der Waals surface area contributed by atoms with Crippen molar-refractivity contribution in [3.8, 4) is 45.9 Å². The molecule has 6 nitrogen and oxygen atoms in total. The maximum atomic E-state index is 6.66. The number of ether oxygens (including phenoxy) is 4. The molecule has 16 aromatic carbocycles. The maximum absolute atomic E-state index is 6.66. The van der Waals surface area contributed by atoms with Gasteiger partial charge in [0.15, 0.2) is 16.1 Å². The zero-order chi connectivity index (χ0) is 77.1.